The molecule has 1 aliphatic rings. The second-order valence-electron chi connectivity index (χ2n) is 4.12. The first-order valence-corrected chi connectivity index (χ1v) is 6.23. The Morgan fingerprint density at radius 1 is 1.56 bits per heavy atom. The number of halogens is 1. The quantitative estimate of drug-likeness (QED) is 0.878. The summed E-state index contributed by atoms with van der Waals surface area (Å²) in [5.74, 6) is 0.781. The van der Waals surface area contributed by atoms with E-state index in [-0.39, 0.29) is 11.8 Å². The van der Waals surface area contributed by atoms with Crippen LogP contribution in [0.1, 0.15) is 30.0 Å². The Labute approximate surface area is 104 Å². The molecule has 0 radical (unpaired) electrons. The van der Waals surface area contributed by atoms with Gasteiger partial charge in [0.1, 0.15) is 0 Å². The third kappa shape index (κ3) is 1.92. The summed E-state index contributed by atoms with van der Waals surface area (Å²) >= 11 is 3.40. The second kappa shape index (κ2) is 4.63. The number of benzene rings is 1. The molecule has 16 heavy (non-hydrogen) atoms. The molecule has 1 aliphatic heterocycles. The van der Waals surface area contributed by atoms with Gasteiger partial charge in [0, 0.05) is 11.6 Å². The van der Waals surface area contributed by atoms with Crippen LogP contribution in [0.5, 0.6) is 11.5 Å². The number of methoxy groups -OCH3 is 1. The first kappa shape index (κ1) is 11.7. The van der Waals surface area contributed by atoms with Crippen molar-refractivity contribution in [3.05, 3.63) is 21.7 Å². The van der Waals surface area contributed by atoms with Crippen LogP contribution < -0.4 is 10.1 Å². The van der Waals surface area contributed by atoms with Crippen molar-refractivity contribution in [2.75, 3.05) is 13.7 Å². The molecule has 1 aromatic carbocycles. The zero-order valence-electron chi connectivity index (χ0n) is 9.51. The molecule has 1 saturated heterocycles. The molecule has 1 aromatic rings. The minimum Gasteiger partial charge on any atom is -0.504 e. The second-order valence-corrected chi connectivity index (χ2v) is 4.97. The van der Waals surface area contributed by atoms with Gasteiger partial charge in [-0.2, -0.15) is 0 Å². The van der Waals surface area contributed by atoms with Crippen molar-refractivity contribution in [2.45, 2.75) is 25.8 Å². The Morgan fingerprint density at radius 2 is 2.31 bits per heavy atom. The number of nitrogens with one attached hydrogen (secondary N) is 1. The molecular formula is C12H16BrNO2. The lowest BCUT2D eigenvalue weighted by atomic mass is 9.98. The van der Waals surface area contributed by atoms with Crippen molar-refractivity contribution >= 4 is 15.9 Å². The van der Waals surface area contributed by atoms with Crippen molar-refractivity contribution in [2.24, 2.45) is 0 Å². The molecule has 1 atom stereocenters. The lowest BCUT2D eigenvalue weighted by Crippen LogP contribution is -2.14. The zero-order valence-corrected chi connectivity index (χ0v) is 11.1. The maximum atomic E-state index is 10.2. The van der Waals surface area contributed by atoms with Crippen LogP contribution in [0.15, 0.2) is 10.5 Å². The van der Waals surface area contributed by atoms with Gasteiger partial charge in [0.05, 0.1) is 11.6 Å². The molecule has 3 nitrogen and oxygen atoms in total. The summed E-state index contributed by atoms with van der Waals surface area (Å²) in [6.07, 6.45) is 2.22. The number of aromatic hydroxyl groups is 1. The highest BCUT2D eigenvalue weighted by Gasteiger charge is 2.24. The van der Waals surface area contributed by atoms with Crippen molar-refractivity contribution < 1.29 is 9.84 Å². The molecule has 0 amide bonds. The van der Waals surface area contributed by atoms with Gasteiger partial charge in [-0.15, -0.1) is 0 Å². The van der Waals surface area contributed by atoms with Gasteiger partial charge >= 0.3 is 0 Å². The SMILES string of the molecule is COc1c(Br)cc(C)c(C2CCCN2)c1O. The van der Waals surface area contributed by atoms with Gasteiger partial charge in [-0.1, -0.05) is 0 Å². The van der Waals surface area contributed by atoms with Crippen LogP contribution >= 0.6 is 15.9 Å². The first-order chi connectivity index (χ1) is 7.65. The number of ether oxygens (including phenoxy) is 1. The fraction of sp³-hybridized carbons (Fsp3) is 0.500. The van der Waals surface area contributed by atoms with Crippen molar-refractivity contribution in [1.82, 2.24) is 5.32 Å². The lowest BCUT2D eigenvalue weighted by molar-refractivity contribution is 0.364. The van der Waals surface area contributed by atoms with Crippen LogP contribution in [0.2, 0.25) is 0 Å². The third-order valence-corrected chi connectivity index (χ3v) is 3.66. The summed E-state index contributed by atoms with van der Waals surface area (Å²) in [5, 5.41) is 13.6. The van der Waals surface area contributed by atoms with Crippen LogP contribution in [-0.2, 0) is 0 Å². The smallest absolute Gasteiger partial charge is 0.175 e. The Balaban J connectivity index is 2.50. The van der Waals surface area contributed by atoms with E-state index < -0.39 is 0 Å². The molecule has 1 heterocycles. The molecular weight excluding hydrogens is 270 g/mol. The molecule has 0 saturated carbocycles. The molecule has 1 unspecified atom stereocenters. The Bertz CT molecular complexity index is 400. The van der Waals surface area contributed by atoms with E-state index in [0.29, 0.717) is 5.75 Å². The number of phenolic OH excluding ortho intramolecular Hbond substituents is 1. The highest BCUT2D eigenvalue weighted by molar-refractivity contribution is 9.10. The van der Waals surface area contributed by atoms with Gasteiger partial charge in [0.15, 0.2) is 11.5 Å². The molecule has 88 valence electrons. The van der Waals surface area contributed by atoms with E-state index in [1.165, 1.54) is 0 Å². The summed E-state index contributed by atoms with van der Waals surface area (Å²) in [5.41, 5.74) is 2.06. The Kier molecular flexibility index (Phi) is 3.40. The summed E-state index contributed by atoms with van der Waals surface area (Å²) in [4.78, 5) is 0. The van der Waals surface area contributed by atoms with Crippen LogP contribution in [0.25, 0.3) is 0 Å². The fourth-order valence-corrected chi connectivity index (χ4v) is 3.01. The number of aryl methyl sites for hydroxylation is 1. The van der Waals surface area contributed by atoms with Gasteiger partial charge in [-0.05, 0) is 53.9 Å². The number of phenols is 1. The van der Waals surface area contributed by atoms with Crippen molar-refractivity contribution in [3.63, 3.8) is 0 Å². The van der Waals surface area contributed by atoms with E-state index in [2.05, 4.69) is 21.2 Å². The largest absolute Gasteiger partial charge is 0.504 e. The van der Waals surface area contributed by atoms with Gasteiger partial charge in [0.25, 0.3) is 0 Å². The Hall–Kier alpha value is -0.740. The fourth-order valence-electron chi connectivity index (χ4n) is 2.32. The summed E-state index contributed by atoms with van der Waals surface area (Å²) in [6, 6.07) is 2.25. The highest BCUT2D eigenvalue weighted by atomic mass is 79.9. The van der Waals surface area contributed by atoms with Crippen LogP contribution in [0.4, 0.5) is 0 Å². The summed E-state index contributed by atoms with van der Waals surface area (Å²) < 4.78 is 6.00. The average molecular weight is 286 g/mol. The topological polar surface area (TPSA) is 41.5 Å². The third-order valence-electron chi connectivity index (χ3n) is 3.07. The predicted molar refractivity (Wildman–Crippen MR) is 67.1 cm³/mol. The van der Waals surface area contributed by atoms with Gasteiger partial charge in [-0.3, -0.25) is 0 Å². The number of rotatable bonds is 2. The monoisotopic (exact) mass is 285 g/mol. The maximum Gasteiger partial charge on any atom is 0.175 e. The number of hydrogen-bond donors (Lipinski definition) is 2. The Morgan fingerprint density at radius 3 is 2.88 bits per heavy atom. The first-order valence-electron chi connectivity index (χ1n) is 5.44. The maximum absolute atomic E-state index is 10.2. The van der Waals surface area contributed by atoms with Crippen LogP contribution in [-0.4, -0.2) is 18.8 Å². The number of hydrogen-bond acceptors (Lipinski definition) is 3. The normalized spacial score (nSPS) is 20.1. The molecule has 0 bridgehead atoms. The predicted octanol–water partition coefficient (Wildman–Crippen LogP) is 2.90. The molecule has 2 rings (SSSR count). The van der Waals surface area contributed by atoms with E-state index >= 15 is 0 Å². The summed E-state index contributed by atoms with van der Waals surface area (Å²) in [6.45, 7) is 3.03. The lowest BCUT2D eigenvalue weighted by Gasteiger charge is -2.18. The summed E-state index contributed by atoms with van der Waals surface area (Å²) in [7, 11) is 1.57. The van der Waals surface area contributed by atoms with Crippen molar-refractivity contribution in [1.29, 1.82) is 0 Å². The minimum absolute atomic E-state index is 0.252. The zero-order chi connectivity index (χ0) is 11.7. The molecule has 2 N–H and O–H groups in total. The average Bonchev–Trinajstić information content (AvgIpc) is 2.70. The van der Waals surface area contributed by atoms with E-state index in [4.69, 9.17) is 4.74 Å². The molecule has 0 aliphatic carbocycles. The van der Waals surface area contributed by atoms with Gasteiger partial charge < -0.3 is 15.2 Å². The molecule has 0 spiro atoms. The standard InChI is InChI=1S/C12H16BrNO2/c1-7-6-8(13)12(16-2)11(15)10(7)9-4-3-5-14-9/h6,9,14-15H,3-5H2,1-2H3. The van der Waals surface area contributed by atoms with E-state index in [1.807, 2.05) is 13.0 Å². The van der Waals surface area contributed by atoms with E-state index in [0.717, 1.165) is 35.0 Å². The molecule has 1 fully saturated rings. The minimum atomic E-state index is 0.252. The molecule has 4 heteroatoms. The molecule has 0 aromatic heterocycles. The van der Waals surface area contributed by atoms with Crippen LogP contribution in [0, 0.1) is 6.92 Å². The van der Waals surface area contributed by atoms with Crippen LogP contribution in [0.3, 0.4) is 0 Å². The van der Waals surface area contributed by atoms with Crippen molar-refractivity contribution in [3.8, 4) is 11.5 Å². The van der Waals surface area contributed by atoms with Gasteiger partial charge in [0.2, 0.25) is 0 Å². The highest BCUT2D eigenvalue weighted by Crippen LogP contribution is 2.43. The van der Waals surface area contributed by atoms with E-state index in [1.54, 1.807) is 7.11 Å². The van der Waals surface area contributed by atoms with E-state index in [9.17, 15) is 5.11 Å². The van der Waals surface area contributed by atoms with Gasteiger partial charge in [-0.25, -0.2) is 0 Å².